The topological polar surface area (TPSA) is 65.7 Å². The second-order valence-electron chi connectivity index (χ2n) is 6.07. The van der Waals surface area contributed by atoms with E-state index < -0.39 is 5.97 Å². The monoisotopic (exact) mass is 370 g/mol. The van der Waals surface area contributed by atoms with E-state index in [4.69, 9.17) is 25.5 Å². The van der Waals surface area contributed by atoms with Crippen molar-refractivity contribution >= 4 is 28.5 Å². The van der Waals surface area contributed by atoms with Gasteiger partial charge in [0.05, 0.1) is 0 Å². The predicted octanol–water partition coefficient (Wildman–Crippen LogP) is 3.92. The van der Waals surface area contributed by atoms with Gasteiger partial charge < -0.3 is 13.9 Å². The Labute approximate surface area is 154 Å². The van der Waals surface area contributed by atoms with Crippen LogP contribution in [0.1, 0.15) is 17.5 Å². The van der Waals surface area contributed by atoms with Gasteiger partial charge in [-0.15, -0.1) is 0 Å². The maximum absolute atomic E-state index is 12.0. The molecule has 3 aromatic rings. The highest BCUT2D eigenvalue weighted by Gasteiger charge is 2.19. The summed E-state index contributed by atoms with van der Waals surface area (Å²) in [7, 11) is 0. The Morgan fingerprint density at radius 1 is 1.04 bits per heavy atom. The van der Waals surface area contributed by atoms with Crippen LogP contribution in [0, 0.1) is 0 Å². The van der Waals surface area contributed by atoms with Gasteiger partial charge in [0.2, 0.25) is 0 Å². The van der Waals surface area contributed by atoms with Crippen molar-refractivity contribution in [3.8, 4) is 11.5 Å². The summed E-state index contributed by atoms with van der Waals surface area (Å²) in [6.07, 6.45) is 2.61. The Morgan fingerprint density at radius 3 is 2.58 bits per heavy atom. The van der Waals surface area contributed by atoms with E-state index in [1.807, 2.05) is 6.07 Å². The molecule has 1 heterocycles. The first kappa shape index (κ1) is 16.7. The van der Waals surface area contributed by atoms with E-state index in [9.17, 15) is 9.59 Å². The Hall–Kier alpha value is -2.79. The van der Waals surface area contributed by atoms with Crippen LogP contribution in [-0.2, 0) is 17.6 Å². The number of hydrogen-bond acceptors (Lipinski definition) is 5. The van der Waals surface area contributed by atoms with Gasteiger partial charge in [-0.05, 0) is 61.2 Å². The van der Waals surface area contributed by atoms with E-state index in [2.05, 4.69) is 0 Å². The van der Waals surface area contributed by atoms with Gasteiger partial charge in [0.25, 0.3) is 0 Å². The molecule has 1 aliphatic carbocycles. The van der Waals surface area contributed by atoms with Crippen molar-refractivity contribution in [1.29, 1.82) is 0 Å². The molecule has 4 rings (SSSR count). The second-order valence-corrected chi connectivity index (χ2v) is 6.51. The molecular weight excluding hydrogens is 356 g/mol. The summed E-state index contributed by atoms with van der Waals surface area (Å²) in [6, 6.07) is 11.7. The number of carbonyl (C=O) groups is 1. The van der Waals surface area contributed by atoms with Crippen LogP contribution in [0.25, 0.3) is 11.0 Å². The molecule has 0 amide bonds. The molecule has 1 aliphatic rings. The van der Waals surface area contributed by atoms with Crippen molar-refractivity contribution in [2.75, 3.05) is 6.61 Å². The highest BCUT2D eigenvalue weighted by atomic mass is 35.5. The van der Waals surface area contributed by atoms with Crippen molar-refractivity contribution in [2.24, 2.45) is 0 Å². The zero-order chi connectivity index (χ0) is 18.1. The van der Waals surface area contributed by atoms with E-state index in [0.717, 1.165) is 35.8 Å². The third kappa shape index (κ3) is 3.30. The molecule has 132 valence electrons. The van der Waals surface area contributed by atoms with Gasteiger partial charge in [0, 0.05) is 22.0 Å². The lowest BCUT2D eigenvalue weighted by atomic mass is 10.1. The molecule has 0 spiro atoms. The number of benzene rings is 2. The first-order chi connectivity index (χ1) is 12.6. The number of rotatable bonds is 4. The van der Waals surface area contributed by atoms with Crippen molar-refractivity contribution in [3.63, 3.8) is 0 Å². The minimum Gasteiger partial charge on any atom is -0.482 e. The zero-order valence-corrected chi connectivity index (χ0v) is 14.5. The smallest absolute Gasteiger partial charge is 0.349 e. The molecule has 0 saturated carbocycles. The summed E-state index contributed by atoms with van der Waals surface area (Å²) >= 11 is 5.79. The Balaban J connectivity index is 1.47. The van der Waals surface area contributed by atoms with Crippen molar-refractivity contribution in [2.45, 2.75) is 19.3 Å². The molecule has 2 aromatic carbocycles. The Morgan fingerprint density at radius 2 is 1.77 bits per heavy atom. The molecule has 0 N–H and O–H groups in total. The Bertz CT molecular complexity index is 1040. The lowest BCUT2D eigenvalue weighted by molar-refractivity contribution is -0.136. The molecular formula is C20H15ClO5. The summed E-state index contributed by atoms with van der Waals surface area (Å²) in [6.45, 7) is -0.261. The number of ether oxygens (including phenoxy) is 2. The van der Waals surface area contributed by atoms with E-state index >= 15 is 0 Å². The predicted molar refractivity (Wildman–Crippen MR) is 97.1 cm³/mol. The summed E-state index contributed by atoms with van der Waals surface area (Å²) in [5.41, 5.74) is 2.02. The van der Waals surface area contributed by atoms with Crippen LogP contribution in [0.2, 0.25) is 5.02 Å². The average Bonchev–Trinajstić information content (AvgIpc) is 3.12. The Kier molecular flexibility index (Phi) is 4.39. The van der Waals surface area contributed by atoms with Crippen LogP contribution in [0.4, 0.5) is 0 Å². The third-order valence-corrected chi connectivity index (χ3v) is 4.60. The van der Waals surface area contributed by atoms with E-state index in [-0.39, 0.29) is 12.2 Å². The SMILES string of the molecule is O=C(COc1ccc2c3c(c(=O)oc2c1)CCC3)Oc1ccc(Cl)cc1. The molecule has 0 unspecified atom stereocenters. The molecule has 0 bridgehead atoms. The standard InChI is InChI=1S/C20H15ClO5/c21-12-4-6-13(7-5-12)25-19(22)11-24-14-8-9-16-15-2-1-3-17(15)20(23)26-18(16)10-14/h4-10H,1-3,11H2. The number of aryl methyl sites for hydroxylation is 1. The minimum atomic E-state index is -0.539. The van der Waals surface area contributed by atoms with Crippen molar-refractivity contribution in [3.05, 3.63) is 69.0 Å². The second kappa shape index (κ2) is 6.84. The fourth-order valence-electron chi connectivity index (χ4n) is 3.16. The number of fused-ring (bicyclic) bond motifs is 3. The lowest BCUT2D eigenvalue weighted by Gasteiger charge is -2.09. The van der Waals surface area contributed by atoms with Crippen molar-refractivity contribution < 1.29 is 18.7 Å². The molecule has 1 aromatic heterocycles. The molecule has 0 fully saturated rings. The maximum Gasteiger partial charge on any atom is 0.349 e. The fraction of sp³-hybridized carbons (Fsp3) is 0.200. The first-order valence-electron chi connectivity index (χ1n) is 8.28. The van der Waals surface area contributed by atoms with Gasteiger partial charge in [-0.1, -0.05) is 11.6 Å². The average molecular weight is 371 g/mol. The van der Waals surface area contributed by atoms with E-state index in [0.29, 0.717) is 22.1 Å². The van der Waals surface area contributed by atoms with Crippen LogP contribution in [-0.4, -0.2) is 12.6 Å². The number of halogens is 1. The highest BCUT2D eigenvalue weighted by Crippen LogP contribution is 2.29. The van der Waals surface area contributed by atoms with Gasteiger partial charge >= 0.3 is 11.6 Å². The van der Waals surface area contributed by atoms with Crippen LogP contribution in [0.3, 0.4) is 0 Å². The maximum atomic E-state index is 12.0. The summed E-state index contributed by atoms with van der Waals surface area (Å²) in [5.74, 6) is 0.289. The van der Waals surface area contributed by atoms with Crippen LogP contribution in [0.5, 0.6) is 11.5 Å². The number of esters is 1. The molecule has 5 nitrogen and oxygen atoms in total. The molecule has 0 atom stereocenters. The number of carbonyl (C=O) groups excluding carboxylic acids is 1. The first-order valence-corrected chi connectivity index (χ1v) is 8.65. The van der Waals surface area contributed by atoms with Crippen LogP contribution in [0.15, 0.2) is 51.7 Å². The fourth-order valence-corrected chi connectivity index (χ4v) is 3.29. The summed E-state index contributed by atoms with van der Waals surface area (Å²) < 4.78 is 16.0. The summed E-state index contributed by atoms with van der Waals surface area (Å²) in [5, 5.41) is 1.48. The highest BCUT2D eigenvalue weighted by molar-refractivity contribution is 6.30. The summed E-state index contributed by atoms with van der Waals surface area (Å²) in [4.78, 5) is 23.9. The van der Waals surface area contributed by atoms with Crippen LogP contribution >= 0.6 is 11.6 Å². The minimum absolute atomic E-state index is 0.261. The van der Waals surface area contributed by atoms with Gasteiger partial charge in [0.15, 0.2) is 6.61 Å². The van der Waals surface area contributed by atoms with Gasteiger partial charge in [-0.2, -0.15) is 0 Å². The van der Waals surface area contributed by atoms with E-state index in [1.54, 1.807) is 36.4 Å². The van der Waals surface area contributed by atoms with Crippen molar-refractivity contribution in [1.82, 2.24) is 0 Å². The van der Waals surface area contributed by atoms with Gasteiger partial charge in [-0.25, -0.2) is 9.59 Å². The van der Waals surface area contributed by atoms with Crippen LogP contribution < -0.4 is 15.1 Å². The van der Waals surface area contributed by atoms with Gasteiger partial charge in [-0.3, -0.25) is 0 Å². The quantitative estimate of drug-likeness (QED) is 0.395. The molecule has 26 heavy (non-hydrogen) atoms. The normalized spacial score (nSPS) is 12.8. The van der Waals surface area contributed by atoms with Gasteiger partial charge in [0.1, 0.15) is 17.1 Å². The largest absolute Gasteiger partial charge is 0.482 e. The number of hydrogen-bond donors (Lipinski definition) is 0. The van der Waals surface area contributed by atoms with E-state index in [1.165, 1.54) is 0 Å². The molecule has 0 saturated heterocycles. The zero-order valence-electron chi connectivity index (χ0n) is 13.8. The lowest BCUT2D eigenvalue weighted by Crippen LogP contribution is -2.17. The molecule has 0 aliphatic heterocycles. The molecule has 6 heteroatoms. The molecule has 0 radical (unpaired) electrons. The third-order valence-electron chi connectivity index (χ3n) is 4.35.